The van der Waals surface area contributed by atoms with E-state index in [1.54, 1.807) is 13.8 Å². The van der Waals surface area contributed by atoms with Crippen LogP contribution in [-0.2, 0) is 9.59 Å². The Morgan fingerprint density at radius 3 is 2.08 bits per heavy atom. The van der Waals surface area contributed by atoms with Gasteiger partial charge >= 0.3 is 5.97 Å². The number of hydrogen-bond acceptors (Lipinski definition) is 2. The Bertz CT molecular complexity index is 234. The maximum atomic E-state index is 11.1. The Morgan fingerprint density at radius 1 is 1.33 bits per heavy atom. The number of amides is 1. The summed E-state index contributed by atoms with van der Waals surface area (Å²) in [7, 11) is 1.52. The van der Waals surface area contributed by atoms with Gasteiger partial charge in [0.15, 0.2) is 0 Å². The third-order valence-electron chi connectivity index (χ3n) is 2.62. The second kappa shape index (κ2) is 2.47. The second-order valence-electron chi connectivity index (χ2n) is 3.73. The van der Waals surface area contributed by atoms with Gasteiger partial charge in [-0.2, -0.15) is 0 Å². The average molecular weight is 171 g/mol. The van der Waals surface area contributed by atoms with Crippen LogP contribution in [0.1, 0.15) is 13.8 Å². The molecule has 68 valence electrons. The van der Waals surface area contributed by atoms with Crippen LogP contribution in [0.3, 0.4) is 0 Å². The first-order chi connectivity index (χ1) is 5.42. The van der Waals surface area contributed by atoms with Gasteiger partial charge in [-0.3, -0.25) is 9.59 Å². The van der Waals surface area contributed by atoms with Gasteiger partial charge in [0.1, 0.15) is 0 Å². The minimum absolute atomic E-state index is 0.174. The Hall–Kier alpha value is -1.06. The van der Waals surface area contributed by atoms with E-state index in [4.69, 9.17) is 5.11 Å². The van der Waals surface area contributed by atoms with Crippen LogP contribution in [0.2, 0.25) is 0 Å². The van der Waals surface area contributed by atoms with Crippen molar-refractivity contribution in [3.63, 3.8) is 0 Å². The summed E-state index contributed by atoms with van der Waals surface area (Å²) in [5.41, 5.74) is -0.383. The molecular weight excluding hydrogens is 158 g/mol. The lowest BCUT2D eigenvalue weighted by molar-refractivity contribution is -0.140. The zero-order valence-electron chi connectivity index (χ0n) is 7.42. The first-order valence-corrected chi connectivity index (χ1v) is 3.87. The van der Waals surface area contributed by atoms with E-state index >= 15 is 0 Å². The van der Waals surface area contributed by atoms with Gasteiger partial charge in [0, 0.05) is 7.05 Å². The van der Waals surface area contributed by atoms with E-state index in [1.807, 2.05) is 0 Å². The van der Waals surface area contributed by atoms with Gasteiger partial charge in [-0.05, 0) is 5.41 Å². The van der Waals surface area contributed by atoms with E-state index in [1.165, 1.54) is 7.05 Å². The minimum atomic E-state index is -0.881. The van der Waals surface area contributed by atoms with Crippen LogP contribution >= 0.6 is 0 Å². The molecule has 0 radical (unpaired) electrons. The first kappa shape index (κ1) is 9.03. The monoisotopic (exact) mass is 171 g/mol. The molecule has 0 aromatic heterocycles. The highest BCUT2D eigenvalue weighted by Crippen LogP contribution is 2.58. The van der Waals surface area contributed by atoms with Crippen LogP contribution in [0.5, 0.6) is 0 Å². The van der Waals surface area contributed by atoms with Gasteiger partial charge in [-0.15, -0.1) is 0 Å². The first-order valence-electron chi connectivity index (χ1n) is 3.87. The molecule has 2 N–H and O–H groups in total. The summed E-state index contributed by atoms with van der Waals surface area (Å²) in [6, 6.07) is 0. The van der Waals surface area contributed by atoms with Crippen molar-refractivity contribution in [3.05, 3.63) is 0 Å². The van der Waals surface area contributed by atoms with Gasteiger partial charge in [0.05, 0.1) is 11.8 Å². The molecule has 1 amide bonds. The lowest BCUT2D eigenvalue weighted by Crippen LogP contribution is -2.22. The van der Waals surface area contributed by atoms with Gasteiger partial charge in [-0.25, -0.2) is 0 Å². The highest BCUT2D eigenvalue weighted by atomic mass is 16.4. The summed E-state index contributed by atoms with van der Waals surface area (Å²) in [4.78, 5) is 21.8. The van der Waals surface area contributed by atoms with Crippen molar-refractivity contribution in [2.24, 2.45) is 17.3 Å². The quantitative estimate of drug-likeness (QED) is 0.618. The summed E-state index contributed by atoms with van der Waals surface area (Å²) < 4.78 is 0. The van der Waals surface area contributed by atoms with Gasteiger partial charge in [0.2, 0.25) is 5.91 Å². The van der Waals surface area contributed by atoms with Crippen LogP contribution in [0.4, 0.5) is 0 Å². The maximum Gasteiger partial charge on any atom is 0.307 e. The fraction of sp³-hybridized carbons (Fsp3) is 0.750. The molecule has 1 saturated carbocycles. The smallest absolute Gasteiger partial charge is 0.307 e. The Labute approximate surface area is 71.0 Å². The molecule has 1 aliphatic carbocycles. The molecule has 2 atom stereocenters. The van der Waals surface area contributed by atoms with E-state index in [9.17, 15) is 9.59 Å². The molecule has 0 aromatic carbocycles. The summed E-state index contributed by atoms with van der Waals surface area (Å²) >= 11 is 0. The van der Waals surface area contributed by atoms with E-state index < -0.39 is 11.9 Å². The summed E-state index contributed by atoms with van der Waals surface area (Å²) in [6.45, 7) is 3.59. The molecule has 0 bridgehead atoms. The zero-order chi connectivity index (χ0) is 9.52. The van der Waals surface area contributed by atoms with E-state index in [0.29, 0.717) is 0 Å². The molecule has 12 heavy (non-hydrogen) atoms. The van der Waals surface area contributed by atoms with Crippen LogP contribution in [0, 0.1) is 17.3 Å². The Kier molecular flexibility index (Phi) is 1.86. The number of carboxylic acid groups (broad SMARTS) is 1. The van der Waals surface area contributed by atoms with E-state index in [0.717, 1.165) is 0 Å². The average Bonchev–Trinajstić information content (AvgIpc) is 2.52. The fourth-order valence-corrected chi connectivity index (χ4v) is 1.74. The zero-order valence-corrected chi connectivity index (χ0v) is 7.42. The third-order valence-corrected chi connectivity index (χ3v) is 2.62. The van der Waals surface area contributed by atoms with Crippen molar-refractivity contribution in [3.8, 4) is 0 Å². The number of nitrogens with one attached hydrogen (secondary N) is 1. The van der Waals surface area contributed by atoms with Crippen molar-refractivity contribution in [2.75, 3.05) is 7.05 Å². The normalized spacial score (nSPS) is 30.9. The van der Waals surface area contributed by atoms with Crippen molar-refractivity contribution < 1.29 is 14.7 Å². The van der Waals surface area contributed by atoms with Gasteiger partial charge < -0.3 is 10.4 Å². The molecule has 0 saturated heterocycles. The largest absolute Gasteiger partial charge is 0.481 e. The third kappa shape index (κ3) is 1.07. The predicted octanol–water partition coefficient (Wildman–Crippen LogP) is 0.0892. The molecule has 1 rings (SSSR count). The van der Waals surface area contributed by atoms with Crippen molar-refractivity contribution in [1.82, 2.24) is 5.32 Å². The summed E-state index contributed by atoms with van der Waals surface area (Å²) in [6.07, 6.45) is 0. The van der Waals surface area contributed by atoms with Crippen molar-refractivity contribution >= 4 is 11.9 Å². The number of carboxylic acids is 1. The number of rotatable bonds is 2. The topological polar surface area (TPSA) is 66.4 Å². The molecule has 0 unspecified atom stereocenters. The molecule has 0 heterocycles. The lowest BCUT2D eigenvalue weighted by atomic mass is 10.1. The number of aliphatic carboxylic acids is 1. The number of hydrogen-bond donors (Lipinski definition) is 2. The molecule has 4 nitrogen and oxygen atoms in total. The summed E-state index contributed by atoms with van der Waals surface area (Å²) in [5, 5.41) is 11.2. The molecule has 1 fully saturated rings. The van der Waals surface area contributed by atoms with Crippen LogP contribution in [0.25, 0.3) is 0 Å². The van der Waals surface area contributed by atoms with Crippen LogP contribution < -0.4 is 5.32 Å². The van der Waals surface area contributed by atoms with Gasteiger partial charge in [-0.1, -0.05) is 13.8 Å². The molecule has 0 aliphatic heterocycles. The van der Waals surface area contributed by atoms with E-state index in [-0.39, 0.29) is 17.2 Å². The minimum Gasteiger partial charge on any atom is -0.481 e. The number of carbonyl (C=O) groups is 2. The lowest BCUT2D eigenvalue weighted by Gasteiger charge is -1.99. The molecular formula is C8H13NO3. The fourth-order valence-electron chi connectivity index (χ4n) is 1.74. The van der Waals surface area contributed by atoms with Crippen molar-refractivity contribution in [1.29, 1.82) is 0 Å². The molecule has 1 aliphatic rings. The SMILES string of the molecule is CNC(=O)[C@H]1[C@H](C(=O)O)C1(C)C. The maximum absolute atomic E-state index is 11.1. The Morgan fingerprint density at radius 2 is 1.83 bits per heavy atom. The van der Waals surface area contributed by atoms with E-state index in [2.05, 4.69) is 5.32 Å². The molecule has 0 aromatic rings. The standard InChI is InChI=1S/C8H13NO3/c1-8(2)4(6(10)9-3)5(8)7(11)12/h4-5H,1-3H3,(H,9,10)(H,11,12)/t4-,5-/m1/s1. The molecule has 0 spiro atoms. The van der Waals surface area contributed by atoms with Crippen molar-refractivity contribution in [2.45, 2.75) is 13.8 Å². The summed E-state index contributed by atoms with van der Waals surface area (Å²) in [5.74, 6) is -1.93. The molecule has 4 heteroatoms. The van der Waals surface area contributed by atoms with Crippen LogP contribution in [0.15, 0.2) is 0 Å². The Balaban J connectivity index is 2.73. The second-order valence-corrected chi connectivity index (χ2v) is 3.73. The van der Waals surface area contributed by atoms with Crippen LogP contribution in [-0.4, -0.2) is 24.0 Å². The predicted molar refractivity (Wildman–Crippen MR) is 42.5 cm³/mol. The van der Waals surface area contributed by atoms with Gasteiger partial charge in [0.25, 0.3) is 0 Å². The number of carbonyl (C=O) groups excluding carboxylic acids is 1. The highest BCUT2D eigenvalue weighted by molar-refractivity contribution is 5.91. The highest BCUT2D eigenvalue weighted by Gasteiger charge is 2.65.